The summed E-state index contributed by atoms with van der Waals surface area (Å²) in [6.45, 7) is 0.121. The second kappa shape index (κ2) is 5.05. The molecule has 0 fully saturated rings. The van der Waals surface area contributed by atoms with Gasteiger partial charge in [0.05, 0.1) is 6.54 Å². The van der Waals surface area contributed by atoms with E-state index in [2.05, 4.69) is 4.98 Å². The molecule has 92 valence electrons. The van der Waals surface area contributed by atoms with Crippen LogP contribution in [0.4, 0.5) is 4.39 Å². The lowest BCUT2D eigenvalue weighted by molar-refractivity contribution is 0.593. The zero-order chi connectivity index (χ0) is 13.1. The van der Waals surface area contributed by atoms with E-state index in [0.717, 1.165) is 0 Å². The lowest BCUT2D eigenvalue weighted by Crippen LogP contribution is -2.22. The molecule has 1 aromatic carbocycles. The Morgan fingerprint density at radius 2 is 2.28 bits per heavy atom. The average Bonchev–Trinajstić information content (AvgIpc) is 2.34. The molecular formula is C12H10FN3OS. The molecular weight excluding hydrogens is 253 g/mol. The van der Waals surface area contributed by atoms with Crippen molar-refractivity contribution in [3.8, 4) is 0 Å². The Balaban J connectivity index is 2.33. The standard InChI is InChI=1S/C12H10FN3OS/c13-10-6-8(11(14)18)2-3-9(10)7-16-5-1-4-15-12(16)17/h1-6H,7H2,(H2,14,18). The molecule has 4 nitrogen and oxygen atoms in total. The van der Waals surface area contributed by atoms with E-state index in [1.54, 1.807) is 24.4 Å². The molecule has 0 aliphatic heterocycles. The second-order valence-corrected chi connectivity index (χ2v) is 4.14. The summed E-state index contributed by atoms with van der Waals surface area (Å²) in [6.07, 6.45) is 2.95. The molecule has 1 heterocycles. The second-order valence-electron chi connectivity index (χ2n) is 3.70. The molecule has 0 saturated carbocycles. The summed E-state index contributed by atoms with van der Waals surface area (Å²) < 4.78 is 15.1. The molecule has 18 heavy (non-hydrogen) atoms. The van der Waals surface area contributed by atoms with Crippen LogP contribution in [0.1, 0.15) is 11.1 Å². The summed E-state index contributed by atoms with van der Waals surface area (Å²) >= 11 is 4.76. The Hall–Kier alpha value is -2.08. The Morgan fingerprint density at radius 1 is 1.50 bits per heavy atom. The molecule has 2 rings (SSSR count). The maximum Gasteiger partial charge on any atom is 0.347 e. The monoisotopic (exact) mass is 263 g/mol. The van der Waals surface area contributed by atoms with Gasteiger partial charge in [0, 0.05) is 23.5 Å². The van der Waals surface area contributed by atoms with Crippen LogP contribution in [0.25, 0.3) is 0 Å². The first-order chi connectivity index (χ1) is 8.58. The van der Waals surface area contributed by atoms with Crippen molar-refractivity contribution in [1.82, 2.24) is 9.55 Å². The van der Waals surface area contributed by atoms with Crippen molar-refractivity contribution >= 4 is 17.2 Å². The van der Waals surface area contributed by atoms with E-state index in [1.165, 1.54) is 16.8 Å². The lowest BCUT2D eigenvalue weighted by atomic mass is 10.1. The van der Waals surface area contributed by atoms with Gasteiger partial charge >= 0.3 is 5.69 Å². The van der Waals surface area contributed by atoms with Crippen molar-refractivity contribution < 1.29 is 4.39 Å². The SMILES string of the molecule is NC(=S)c1ccc(Cn2cccnc2=O)c(F)c1. The fraction of sp³-hybridized carbons (Fsp3) is 0.0833. The third-order valence-corrected chi connectivity index (χ3v) is 2.70. The first kappa shape index (κ1) is 12.4. The minimum atomic E-state index is -0.448. The van der Waals surface area contributed by atoms with Crippen LogP contribution in [-0.4, -0.2) is 14.5 Å². The summed E-state index contributed by atoms with van der Waals surface area (Å²) in [5.41, 5.74) is 5.83. The molecule has 0 unspecified atom stereocenters. The molecule has 2 N–H and O–H groups in total. The van der Waals surface area contributed by atoms with Crippen LogP contribution >= 0.6 is 12.2 Å². The maximum atomic E-state index is 13.8. The molecule has 6 heteroatoms. The van der Waals surface area contributed by atoms with Gasteiger partial charge in [-0.05, 0) is 12.1 Å². The molecule has 0 amide bonds. The zero-order valence-electron chi connectivity index (χ0n) is 9.34. The highest BCUT2D eigenvalue weighted by atomic mass is 32.1. The van der Waals surface area contributed by atoms with E-state index in [1.807, 2.05) is 0 Å². The predicted octanol–water partition coefficient (Wildman–Crippen LogP) is 1.06. The van der Waals surface area contributed by atoms with Gasteiger partial charge in [0.2, 0.25) is 0 Å². The van der Waals surface area contributed by atoms with Gasteiger partial charge in [0.25, 0.3) is 0 Å². The van der Waals surface area contributed by atoms with E-state index in [4.69, 9.17) is 18.0 Å². The summed E-state index contributed by atoms with van der Waals surface area (Å²) in [5, 5.41) is 0. The van der Waals surface area contributed by atoms with Crippen LogP contribution in [0.5, 0.6) is 0 Å². The van der Waals surface area contributed by atoms with Crippen molar-refractivity contribution in [2.75, 3.05) is 0 Å². The average molecular weight is 263 g/mol. The quantitative estimate of drug-likeness (QED) is 0.841. The number of hydrogen-bond donors (Lipinski definition) is 1. The molecule has 1 aromatic heterocycles. The maximum absolute atomic E-state index is 13.8. The number of benzene rings is 1. The third-order valence-electron chi connectivity index (χ3n) is 2.46. The summed E-state index contributed by atoms with van der Waals surface area (Å²) in [5.74, 6) is -0.448. The van der Waals surface area contributed by atoms with Crippen LogP contribution in [0.15, 0.2) is 41.5 Å². The van der Waals surface area contributed by atoms with E-state index in [9.17, 15) is 9.18 Å². The normalized spacial score (nSPS) is 10.3. The number of rotatable bonds is 3. The van der Waals surface area contributed by atoms with E-state index in [-0.39, 0.29) is 11.5 Å². The first-order valence-corrected chi connectivity index (χ1v) is 5.58. The van der Waals surface area contributed by atoms with Gasteiger partial charge in [-0.25, -0.2) is 14.2 Å². The molecule has 0 bridgehead atoms. The number of halogens is 1. The van der Waals surface area contributed by atoms with Gasteiger partial charge in [-0.2, -0.15) is 0 Å². The minimum Gasteiger partial charge on any atom is -0.389 e. The Kier molecular flexibility index (Phi) is 3.47. The Labute approximate surface area is 108 Å². The Morgan fingerprint density at radius 3 is 2.89 bits per heavy atom. The molecule has 0 atom stereocenters. The van der Waals surface area contributed by atoms with Crippen molar-refractivity contribution in [2.45, 2.75) is 6.54 Å². The smallest absolute Gasteiger partial charge is 0.347 e. The van der Waals surface area contributed by atoms with Crippen molar-refractivity contribution in [3.05, 3.63) is 64.1 Å². The van der Waals surface area contributed by atoms with E-state index in [0.29, 0.717) is 11.1 Å². The highest BCUT2D eigenvalue weighted by molar-refractivity contribution is 7.80. The van der Waals surface area contributed by atoms with Gasteiger partial charge < -0.3 is 5.73 Å². The summed E-state index contributed by atoms with van der Waals surface area (Å²) in [4.78, 5) is 15.1. The largest absolute Gasteiger partial charge is 0.389 e. The summed E-state index contributed by atoms with van der Waals surface area (Å²) in [6, 6.07) is 6.06. The highest BCUT2D eigenvalue weighted by Gasteiger charge is 2.06. The fourth-order valence-electron chi connectivity index (χ4n) is 1.52. The van der Waals surface area contributed by atoms with Crippen LogP contribution < -0.4 is 11.4 Å². The number of hydrogen-bond acceptors (Lipinski definition) is 3. The predicted molar refractivity (Wildman–Crippen MR) is 69.9 cm³/mol. The van der Waals surface area contributed by atoms with Gasteiger partial charge in [0.1, 0.15) is 10.8 Å². The molecule has 2 aromatic rings. The lowest BCUT2D eigenvalue weighted by Gasteiger charge is -2.07. The topological polar surface area (TPSA) is 60.9 Å². The number of thiocarbonyl (C=S) groups is 1. The third kappa shape index (κ3) is 2.60. The number of aromatic nitrogens is 2. The van der Waals surface area contributed by atoms with Crippen molar-refractivity contribution in [1.29, 1.82) is 0 Å². The van der Waals surface area contributed by atoms with Crippen LogP contribution in [0.3, 0.4) is 0 Å². The van der Waals surface area contributed by atoms with Gasteiger partial charge in [-0.15, -0.1) is 0 Å². The molecule has 0 aliphatic rings. The molecule has 0 saturated heterocycles. The van der Waals surface area contributed by atoms with Gasteiger partial charge in [0.15, 0.2) is 0 Å². The molecule has 0 aliphatic carbocycles. The van der Waals surface area contributed by atoms with E-state index >= 15 is 0 Å². The van der Waals surface area contributed by atoms with Crippen molar-refractivity contribution in [3.63, 3.8) is 0 Å². The molecule has 0 radical (unpaired) electrons. The Bertz CT molecular complexity index is 654. The number of nitrogens with two attached hydrogens (primary N) is 1. The van der Waals surface area contributed by atoms with Crippen LogP contribution in [0, 0.1) is 5.82 Å². The van der Waals surface area contributed by atoms with Gasteiger partial charge in [-0.3, -0.25) is 4.57 Å². The fourth-order valence-corrected chi connectivity index (χ4v) is 1.65. The van der Waals surface area contributed by atoms with Gasteiger partial charge in [-0.1, -0.05) is 24.4 Å². The summed E-state index contributed by atoms with van der Waals surface area (Å²) in [7, 11) is 0. The highest BCUT2D eigenvalue weighted by Crippen LogP contribution is 2.11. The first-order valence-electron chi connectivity index (χ1n) is 5.17. The van der Waals surface area contributed by atoms with Crippen molar-refractivity contribution in [2.24, 2.45) is 5.73 Å². The van der Waals surface area contributed by atoms with Crippen LogP contribution in [0.2, 0.25) is 0 Å². The zero-order valence-corrected chi connectivity index (χ0v) is 10.2. The van der Waals surface area contributed by atoms with Crippen LogP contribution in [-0.2, 0) is 6.54 Å². The number of nitrogens with zero attached hydrogens (tertiary/aromatic N) is 2. The minimum absolute atomic E-state index is 0.121. The molecule has 0 spiro atoms. The van der Waals surface area contributed by atoms with E-state index < -0.39 is 11.5 Å².